The van der Waals surface area contributed by atoms with E-state index in [0.29, 0.717) is 21.7 Å². The van der Waals surface area contributed by atoms with E-state index in [0.717, 1.165) is 11.3 Å². The van der Waals surface area contributed by atoms with Crippen molar-refractivity contribution in [2.45, 2.75) is 20.4 Å². The van der Waals surface area contributed by atoms with E-state index in [4.69, 9.17) is 35.4 Å². The van der Waals surface area contributed by atoms with Gasteiger partial charge in [0.15, 0.2) is 5.11 Å². The molecule has 0 saturated carbocycles. The molecule has 0 amide bonds. The summed E-state index contributed by atoms with van der Waals surface area (Å²) >= 11 is 17.7. The van der Waals surface area contributed by atoms with E-state index in [1.54, 1.807) is 6.07 Å². The summed E-state index contributed by atoms with van der Waals surface area (Å²) in [5.74, 6) is 0. The van der Waals surface area contributed by atoms with Gasteiger partial charge in [-0.25, -0.2) is 0 Å². The molecule has 2 nitrogen and oxygen atoms in total. The quantitative estimate of drug-likeness (QED) is 0.740. The number of thiocarbonyl (C=S) groups is 1. The van der Waals surface area contributed by atoms with Crippen LogP contribution in [0.3, 0.4) is 0 Å². The molecule has 116 valence electrons. The third-order valence-corrected chi connectivity index (χ3v) is 4.53. The second kappa shape index (κ2) is 7.32. The van der Waals surface area contributed by atoms with Gasteiger partial charge in [0.25, 0.3) is 0 Å². The standard InChI is InChI=1S/C17H18Cl2N2S/c1-11-7-12(2)9-14(8-11)20-17(22)21(3)10-13-5-4-6-15(18)16(13)19/h4-9H,10H2,1-3H3,(H,20,22). The molecule has 2 aromatic rings. The van der Waals surface area contributed by atoms with Gasteiger partial charge in [-0.15, -0.1) is 0 Å². The number of aryl methyl sites for hydroxylation is 2. The maximum Gasteiger partial charge on any atom is 0.173 e. The van der Waals surface area contributed by atoms with Gasteiger partial charge in [0.2, 0.25) is 0 Å². The Hall–Kier alpha value is -1.29. The van der Waals surface area contributed by atoms with Crippen LogP contribution in [0.4, 0.5) is 5.69 Å². The highest BCUT2D eigenvalue weighted by molar-refractivity contribution is 7.80. The molecule has 0 spiro atoms. The zero-order chi connectivity index (χ0) is 16.3. The lowest BCUT2D eigenvalue weighted by Gasteiger charge is -2.22. The third kappa shape index (κ3) is 4.35. The van der Waals surface area contributed by atoms with Crippen molar-refractivity contribution in [2.75, 3.05) is 12.4 Å². The first-order valence-electron chi connectivity index (χ1n) is 6.90. The molecule has 0 saturated heterocycles. The van der Waals surface area contributed by atoms with Gasteiger partial charge in [-0.2, -0.15) is 0 Å². The molecule has 0 aliphatic heterocycles. The molecule has 5 heteroatoms. The van der Waals surface area contributed by atoms with Gasteiger partial charge >= 0.3 is 0 Å². The Morgan fingerprint density at radius 1 is 1.14 bits per heavy atom. The van der Waals surface area contributed by atoms with Crippen LogP contribution < -0.4 is 5.32 Å². The summed E-state index contributed by atoms with van der Waals surface area (Å²) in [6, 6.07) is 11.9. The molecule has 0 aromatic heterocycles. The highest BCUT2D eigenvalue weighted by Crippen LogP contribution is 2.26. The normalized spacial score (nSPS) is 10.4. The molecule has 0 unspecified atom stereocenters. The van der Waals surface area contributed by atoms with Crippen LogP contribution in [0.1, 0.15) is 16.7 Å². The van der Waals surface area contributed by atoms with Crippen LogP contribution >= 0.6 is 35.4 Å². The van der Waals surface area contributed by atoms with E-state index in [-0.39, 0.29) is 0 Å². The lowest BCUT2D eigenvalue weighted by Crippen LogP contribution is -2.30. The van der Waals surface area contributed by atoms with E-state index in [1.165, 1.54) is 11.1 Å². The van der Waals surface area contributed by atoms with Crippen LogP contribution in [-0.4, -0.2) is 17.1 Å². The number of nitrogens with zero attached hydrogens (tertiary/aromatic N) is 1. The van der Waals surface area contributed by atoms with Crippen molar-refractivity contribution in [2.24, 2.45) is 0 Å². The minimum absolute atomic E-state index is 0.556. The Labute approximate surface area is 147 Å². The smallest absolute Gasteiger partial charge is 0.173 e. The predicted octanol–water partition coefficient (Wildman–Crippen LogP) is 5.44. The van der Waals surface area contributed by atoms with E-state index in [2.05, 4.69) is 37.4 Å². The number of benzene rings is 2. The van der Waals surface area contributed by atoms with Gasteiger partial charge in [-0.1, -0.05) is 41.4 Å². The molecule has 2 rings (SSSR count). The number of hydrogen-bond donors (Lipinski definition) is 1. The van der Waals surface area contributed by atoms with E-state index in [1.807, 2.05) is 24.1 Å². The Morgan fingerprint density at radius 3 is 2.41 bits per heavy atom. The summed E-state index contributed by atoms with van der Waals surface area (Å²) in [5.41, 5.74) is 4.34. The number of halogens is 2. The molecular weight excluding hydrogens is 335 g/mol. The fourth-order valence-corrected chi connectivity index (χ4v) is 2.83. The minimum atomic E-state index is 0.556. The number of nitrogens with one attached hydrogen (secondary N) is 1. The molecular formula is C17H18Cl2N2S. The van der Waals surface area contributed by atoms with Crippen molar-refractivity contribution in [1.82, 2.24) is 4.90 Å². The highest BCUT2D eigenvalue weighted by atomic mass is 35.5. The van der Waals surface area contributed by atoms with Crippen molar-refractivity contribution in [3.05, 3.63) is 63.1 Å². The topological polar surface area (TPSA) is 15.3 Å². The minimum Gasteiger partial charge on any atom is -0.348 e. The average molecular weight is 353 g/mol. The van der Waals surface area contributed by atoms with Gasteiger partial charge in [-0.05, 0) is 61.0 Å². The Morgan fingerprint density at radius 2 is 1.77 bits per heavy atom. The fraction of sp³-hybridized carbons (Fsp3) is 0.235. The first-order valence-corrected chi connectivity index (χ1v) is 8.06. The molecule has 0 fully saturated rings. The van der Waals surface area contributed by atoms with E-state index >= 15 is 0 Å². The Balaban J connectivity index is 2.07. The first kappa shape index (κ1) is 17.1. The summed E-state index contributed by atoms with van der Waals surface area (Å²) in [6.07, 6.45) is 0. The Kier molecular flexibility index (Phi) is 5.68. The maximum absolute atomic E-state index is 6.22. The van der Waals surface area contributed by atoms with Gasteiger partial charge in [0.1, 0.15) is 0 Å². The highest BCUT2D eigenvalue weighted by Gasteiger charge is 2.10. The lowest BCUT2D eigenvalue weighted by atomic mass is 10.1. The number of hydrogen-bond acceptors (Lipinski definition) is 1. The van der Waals surface area contributed by atoms with Gasteiger partial charge in [0, 0.05) is 19.3 Å². The zero-order valence-electron chi connectivity index (χ0n) is 12.8. The van der Waals surface area contributed by atoms with Crippen LogP contribution in [0.2, 0.25) is 10.0 Å². The van der Waals surface area contributed by atoms with Crippen molar-refractivity contribution in [1.29, 1.82) is 0 Å². The first-order chi connectivity index (χ1) is 10.4. The van der Waals surface area contributed by atoms with Gasteiger partial charge in [0.05, 0.1) is 10.0 Å². The average Bonchev–Trinajstić information content (AvgIpc) is 2.42. The molecule has 22 heavy (non-hydrogen) atoms. The molecule has 1 N–H and O–H groups in total. The zero-order valence-corrected chi connectivity index (χ0v) is 15.1. The maximum atomic E-state index is 6.22. The monoisotopic (exact) mass is 352 g/mol. The van der Waals surface area contributed by atoms with E-state index in [9.17, 15) is 0 Å². The summed E-state index contributed by atoms with van der Waals surface area (Å²) < 4.78 is 0. The number of rotatable bonds is 3. The Bertz CT molecular complexity index is 681. The molecule has 2 aromatic carbocycles. The van der Waals surface area contributed by atoms with E-state index < -0.39 is 0 Å². The molecule has 0 aliphatic carbocycles. The summed E-state index contributed by atoms with van der Waals surface area (Å²) in [7, 11) is 1.93. The summed E-state index contributed by atoms with van der Waals surface area (Å²) in [5, 5.41) is 5.03. The second-order valence-corrected chi connectivity index (χ2v) is 6.55. The summed E-state index contributed by atoms with van der Waals surface area (Å²) in [4.78, 5) is 1.94. The van der Waals surface area contributed by atoms with Crippen LogP contribution in [-0.2, 0) is 6.54 Å². The third-order valence-electron chi connectivity index (χ3n) is 3.26. The summed E-state index contributed by atoms with van der Waals surface area (Å²) in [6.45, 7) is 4.73. The van der Waals surface area contributed by atoms with Crippen LogP contribution in [0, 0.1) is 13.8 Å². The van der Waals surface area contributed by atoms with Gasteiger partial charge < -0.3 is 10.2 Å². The van der Waals surface area contributed by atoms with Crippen molar-refractivity contribution in [3.8, 4) is 0 Å². The molecule has 0 aliphatic rings. The fourth-order valence-electron chi connectivity index (χ4n) is 2.26. The SMILES string of the molecule is Cc1cc(C)cc(NC(=S)N(C)Cc2cccc(Cl)c2Cl)c1. The molecule has 0 radical (unpaired) electrons. The number of anilines is 1. The van der Waals surface area contributed by atoms with Gasteiger partial charge in [-0.3, -0.25) is 0 Å². The molecule has 0 heterocycles. The second-order valence-electron chi connectivity index (χ2n) is 5.38. The van der Waals surface area contributed by atoms with Crippen molar-refractivity contribution in [3.63, 3.8) is 0 Å². The van der Waals surface area contributed by atoms with Crippen molar-refractivity contribution < 1.29 is 0 Å². The van der Waals surface area contributed by atoms with Crippen LogP contribution in [0.5, 0.6) is 0 Å². The largest absolute Gasteiger partial charge is 0.348 e. The van der Waals surface area contributed by atoms with Crippen LogP contribution in [0.15, 0.2) is 36.4 Å². The molecule has 0 atom stereocenters. The predicted molar refractivity (Wildman–Crippen MR) is 100 cm³/mol. The van der Waals surface area contributed by atoms with Crippen LogP contribution in [0.25, 0.3) is 0 Å². The molecule has 0 bridgehead atoms. The lowest BCUT2D eigenvalue weighted by molar-refractivity contribution is 0.508. The van der Waals surface area contributed by atoms with Crippen molar-refractivity contribution >= 4 is 46.2 Å².